The summed E-state index contributed by atoms with van der Waals surface area (Å²) in [7, 11) is -1.36. The zero-order valence-corrected chi connectivity index (χ0v) is 15.3. The molecule has 7 heteroatoms. The second-order valence-electron chi connectivity index (χ2n) is 5.87. The summed E-state index contributed by atoms with van der Waals surface area (Å²) in [6.45, 7) is 8.16. The zero-order chi connectivity index (χ0) is 16.4. The van der Waals surface area contributed by atoms with Crippen molar-refractivity contribution >= 4 is 21.4 Å². The van der Waals surface area contributed by atoms with Crippen LogP contribution in [0.25, 0.3) is 0 Å². The van der Waals surface area contributed by atoms with Gasteiger partial charge in [-0.3, -0.25) is 4.68 Å². The number of likely N-dealkylation sites (N-methyl/N-ethyl adjacent to an activating group) is 1. The van der Waals surface area contributed by atoms with E-state index in [0.717, 1.165) is 17.8 Å². The van der Waals surface area contributed by atoms with Gasteiger partial charge in [0.15, 0.2) is 9.84 Å². The van der Waals surface area contributed by atoms with Crippen molar-refractivity contribution in [3.8, 4) is 0 Å². The lowest BCUT2D eigenvalue weighted by Gasteiger charge is -2.33. The molecule has 1 rings (SSSR count). The molecule has 0 fully saturated rings. The van der Waals surface area contributed by atoms with Crippen LogP contribution in [0.3, 0.4) is 0 Å². The van der Waals surface area contributed by atoms with E-state index in [4.69, 9.17) is 11.6 Å². The van der Waals surface area contributed by atoms with Crippen LogP contribution in [0.4, 0.5) is 0 Å². The van der Waals surface area contributed by atoms with E-state index in [1.54, 1.807) is 18.5 Å². The summed E-state index contributed by atoms with van der Waals surface area (Å²) >= 11 is 6.38. The summed E-state index contributed by atoms with van der Waals surface area (Å²) in [6.07, 6.45) is 2.56. The predicted molar refractivity (Wildman–Crippen MR) is 87.7 cm³/mol. The Labute approximate surface area is 133 Å². The number of nitrogens with one attached hydrogen (secondary N) is 1. The van der Waals surface area contributed by atoms with Crippen molar-refractivity contribution in [2.45, 2.75) is 51.3 Å². The molecule has 0 radical (unpaired) electrons. The zero-order valence-electron chi connectivity index (χ0n) is 13.7. The van der Waals surface area contributed by atoms with Crippen LogP contribution in [-0.4, -0.2) is 41.8 Å². The van der Waals surface area contributed by atoms with Gasteiger partial charge in [-0.15, -0.1) is 0 Å². The fourth-order valence-electron chi connectivity index (χ4n) is 2.30. The van der Waals surface area contributed by atoms with Crippen LogP contribution in [0.2, 0.25) is 5.02 Å². The number of sulfone groups is 1. The number of aryl methyl sites for hydroxylation is 2. The highest BCUT2D eigenvalue weighted by molar-refractivity contribution is 7.92. The number of rotatable bonds is 7. The van der Waals surface area contributed by atoms with Crippen molar-refractivity contribution in [3.63, 3.8) is 0 Å². The monoisotopic (exact) mass is 335 g/mol. The molecule has 1 aromatic heterocycles. The first-order valence-electron chi connectivity index (χ1n) is 7.19. The van der Waals surface area contributed by atoms with Gasteiger partial charge < -0.3 is 5.32 Å². The third kappa shape index (κ3) is 3.79. The Balaban J connectivity index is 3.19. The molecule has 0 bridgehead atoms. The minimum atomic E-state index is -3.20. The quantitative estimate of drug-likeness (QED) is 0.827. The van der Waals surface area contributed by atoms with Crippen molar-refractivity contribution in [1.82, 2.24) is 15.1 Å². The highest BCUT2D eigenvalue weighted by Crippen LogP contribution is 2.27. The topological polar surface area (TPSA) is 64.0 Å². The van der Waals surface area contributed by atoms with Crippen LogP contribution in [0.1, 0.15) is 39.1 Å². The van der Waals surface area contributed by atoms with Crippen LogP contribution in [0.5, 0.6) is 0 Å². The van der Waals surface area contributed by atoms with E-state index in [9.17, 15) is 8.42 Å². The fourth-order valence-corrected chi connectivity index (χ4v) is 3.36. The van der Waals surface area contributed by atoms with Crippen LogP contribution in [0, 0.1) is 0 Å². The Morgan fingerprint density at radius 2 is 1.95 bits per heavy atom. The summed E-state index contributed by atoms with van der Waals surface area (Å²) < 4.78 is 25.1. The largest absolute Gasteiger partial charge is 0.312 e. The summed E-state index contributed by atoms with van der Waals surface area (Å²) in [5.41, 5.74) is 1.72. The minimum absolute atomic E-state index is 0.227. The molecule has 1 atom stereocenters. The smallest absolute Gasteiger partial charge is 0.154 e. The molecule has 21 heavy (non-hydrogen) atoms. The lowest BCUT2D eigenvalue weighted by molar-refractivity contribution is 0.406. The van der Waals surface area contributed by atoms with Crippen LogP contribution >= 0.6 is 11.6 Å². The third-order valence-corrected chi connectivity index (χ3v) is 6.78. The van der Waals surface area contributed by atoms with E-state index in [0.29, 0.717) is 18.0 Å². The molecule has 1 unspecified atom stereocenters. The maximum Gasteiger partial charge on any atom is 0.154 e. The van der Waals surface area contributed by atoms with E-state index in [-0.39, 0.29) is 6.04 Å². The van der Waals surface area contributed by atoms with Crippen molar-refractivity contribution in [2.24, 2.45) is 7.05 Å². The first kappa shape index (κ1) is 18.5. The molecule has 0 aliphatic carbocycles. The Morgan fingerprint density at radius 3 is 2.33 bits per heavy atom. The maximum absolute atomic E-state index is 12.1. The number of hydrogen-bond acceptors (Lipinski definition) is 4. The lowest BCUT2D eigenvalue weighted by atomic mass is 9.97. The second-order valence-corrected chi connectivity index (χ2v) is 8.85. The van der Waals surface area contributed by atoms with E-state index in [2.05, 4.69) is 10.4 Å². The lowest BCUT2D eigenvalue weighted by Crippen LogP contribution is -2.52. The maximum atomic E-state index is 12.1. The van der Waals surface area contributed by atoms with Gasteiger partial charge in [0.05, 0.1) is 21.2 Å². The van der Waals surface area contributed by atoms with Gasteiger partial charge in [-0.2, -0.15) is 5.10 Å². The highest BCUT2D eigenvalue weighted by Gasteiger charge is 2.39. The van der Waals surface area contributed by atoms with E-state index in [1.807, 2.05) is 20.9 Å². The SMILES string of the molecule is CCNC(Cc1c(Cl)c(CC)nn1C)C(C)(C)S(C)(=O)=O. The van der Waals surface area contributed by atoms with Gasteiger partial charge in [0.25, 0.3) is 0 Å². The molecular weight excluding hydrogens is 310 g/mol. The van der Waals surface area contributed by atoms with Gasteiger partial charge in [-0.25, -0.2) is 8.42 Å². The Kier molecular flexibility index (Phi) is 5.86. The second kappa shape index (κ2) is 6.67. The van der Waals surface area contributed by atoms with Gasteiger partial charge >= 0.3 is 0 Å². The molecule has 0 saturated carbocycles. The van der Waals surface area contributed by atoms with Crippen LogP contribution in [-0.2, 0) is 29.7 Å². The van der Waals surface area contributed by atoms with Gasteiger partial charge in [0, 0.05) is 25.8 Å². The standard InChI is InChI=1S/C14H26ClN3O2S/c1-7-10-13(15)11(18(5)17-10)9-12(16-8-2)14(3,4)21(6,19)20/h12,16H,7-9H2,1-6H3. The van der Waals surface area contributed by atoms with E-state index in [1.165, 1.54) is 6.26 Å². The molecule has 1 heterocycles. The van der Waals surface area contributed by atoms with Gasteiger partial charge in [-0.1, -0.05) is 25.4 Å². The van der Waals surface area contributed by atoms with Gasteiger partial charge in [0.2, 0.25) is 0 Å². The Morgan fingerprint density at radius 1 is 1.38 bits per heavy atom. The number of hydrogen-bond donors (Lipinski definition) is 1. The molecule has 5 nitrogen and oxygen atoms in total. The fraction of sp³-hybridized carbons (Fsp3) is 0.786. The third-order valence-electron chi connectivity index (χ3n) is 4.15. The van der Waals surface area contributed by atoms with Gasteiger partial charge in [0.1, 0.15) is 0 Å². The molecule has 1 aromatic rings. The molecule has 1 N–H and O–H groups in total. The molecule has 122 valence electrons. The Bertz CT molecular complexity index is 594. The average Bonchev–Trinajstić information content (AvgIpc) is 2.63. The first-order chi connectivity index (χ1) is 9.56. The molecular formula is C14H26ClN3O2S. The molecule has 0 saturated heterocycles. The normalized spacial score (nSPS) is 14.4. The number of nitrogens with zero attached hydrogens (tertiary/aromatic N) is 2. The summed E-state index contributed by atoms with van der Waals surface area (Å²) in [5.74, 6) is 0. The van der Waals surface area contributed by atoms with Crippen LogP contribution in [0.15, 0.2) is 0 Å². The first-order valence-corrected chi connectivity index (χ1v) is 9.46. The minimum Gasteiger partial charge on any atom is -0.312 e. The molecule has 0 aromatic carbocycles. The summed E-state index contributed by atoms with van der Waals surface area (Å²) in [6, 6.07) is -0.227. The molecule has 0 spiro atoms. The molecule has 0 aliphatic rings. The summed E-state index contributed by atoms with van der Waals surface area (Å²) in [5, 5.41) is 8.32. The van der Waals surface area contributed by atoms with E-state index < -0.39 is 14.6 Å². The van der Waals surface area contributed by atoms with Crippen molar-refractivity contribution in [3.05, 3.63) is 16.4 Å². The van der Waals surface area contributed by atoms with Gasteiger partial charge in [-0.05, 0) is 26.8 Å². The van der Waals surface area contributed by atoms with E-state index >= 15 is 0 Å². The van der Waals surface area contributed by atoms with Crippen molar-refractivity contribution < 1.29 is 8.42 Å². The van der Waals surface area contributed by atoms with Crippen LogP contribution < -0.4 is 5.32 Å². The highest BCUT2D eigenvalue weighted by atomic mass is 35.5. The number of halogens is 1. The predicted octanol–water partition coefficient (Wildman–Crippen LogP) is 1.98. The summed E-state index contributed by atoms with van der Waals surface area (Å²) in [4.78, 5) is 0. The molecule has 0 aliphatic heterocycles. The Hall–Kier alpha value is -0.590. The molecule has 0 amide bonds. The number of aromatic nitrogens is 2. The average molecular weight is 336 g/mol. The van der Waals surface area contributed by atoms with Crippen molar-refractivity contribution in [1.29, 1.82) is 0 Å². The van der Waals surface area contributed by atoms with Crippen molar-refractivity contribution in [2.75, 3.05) is 12.8 Å².